The molecule has 4 nitrogen and oxygen atoms in total. The maximum absolute atomic E-state index is 11.9. The van der Waals surface area contributed by atoms with Crippen LogP contribution in [-0.4, -0.2) is 24.8 Å². The lowest BCUT2D eigenvalue weighted by molar-refractivity contribution is -0.144. The Bertz CT molecular complexity index is 618. The first-order chi connectivity index (χ1) is 10.1. The molecule has 5 heteroatoms. The molecule has 1 unspecified atom stereocenters. The van der Waals surface area contributed by atoms with E-state index in [1.54, 1.807) is 48.5 Å². The Hall–Kier alpha value is -2.04. The van der Waals surface area contributed by atoms with Gasteiger partial charge < -0.3 is 15.2 Å². The molecule has 2 aromatic carbocycles. The molecular weight excluding hydrogens is 290 g/mol. The number of carboxylic acids is 1. The van der Waals surface area contributed by atoms with Crippen LogP contribution < -0.4 is 5.32 Å². The van der Waals surface area contributed by atoms with Crippen molar-refractivity contribution in [3.05, 3.63) is 65.2 Å². The standard InChI is InChI=1S/C16H16ClNO3/c1-21-11-16(15(19)20,12-6-3-2-4-7-12)18-14-9-5-8-13(17)10-14/h2-10,18H,11H2,1H3,(H,19,20). The summed E-state index contributed by atoms with van der Waals surface area (Å²) in [6.45, 7) is -0.0150. The van der Waals surface area contributed by atoms with E-state index in [4.69, 9.17) is 16.3 Å². The smallest absolute Gasteiger partial charge is 0.336 e. The second-order valence-electron chi connectivity index (χ2n) is 4.64. The summed E-state index contributed by atoms with van der Waals surface area (Å²) in [5.41, 5.74) is -0.147. The van der Waals surface area contributed by atoms with Gasteiger partial charge in [-0.25, -0.2) is 4.79 Å². The first-order valence-electron chi connectivity index (χ1n) is 6.40. The summed E-state index contributed by atoms with van der Waals surface area (Å²) in [6, 6.07) is 15.9. The number of rotatable bonds is 6. The van der Waals surface area contributed by atoms with Gasteiger partial charge in [0.1, 0.15) is 0 Å². The Morgan fingerprint density at radius 3 is 2.52 bits per heavy atom. The van der Waals surface area contributed by atoms with Crippen LogP contribution in [0.1, 0.15) is 5.56 Å². The number of halogens is 1. The SMILES string of the molecule is COCC(Nc1cccc(Cl)c1)(C(=O)O)c1ccccc1. The summed E-state index contributed by atoms with van der Waals surface area (Å²) in [5.74, 6) is -1.02. The molecule has 0 amide bonds. The fourth-order valence-corrected chi connectivity index (χ4v) is 2.37. The molecule has 0 saturated heterocycles. The zero-order valence-electron chi connectivity index (χ0n) is 11.5. The minimum Gasteiger partial charge on any atom is -0.479 e. The lowest BCUT2D eigenvalue weighted by atomic mass is 9.90. The van der Waals surface area contributed by atoms with E-state index < -0.39 is 11.5 Å². The molecule has 2 aromatic rings. The third-order valence-electron chi connectivity index (χ3n) is 3.17. The number of aliphatic carboxylic acids is 1. The highest BCUT2D eigenvalue weighted by Crippen LogP contribution is 2.28. The Labute approximate surface area is 128 Å². The van der Waals surface area contributed by atoms with Crippen LogP contribution in [0.3, 0.4) is 0 Å². The molecular formula is C16H16ClNO3. The highest BCUT2D eigenvalue weighted by molar-refractivity contribution is 6.30. The van der Waals surface area contributed by atoms with Gasteiger partial charge in [-0.15, -0.1) is 0 Å². The molecule has 0 aliphatic rings. The van der Waals surface area contributed by atoms with Gasteiger partial charge in [-0.1, -0.05) is 48.0 Å². The van der Waals surface area contributed by atoms with Gasteiger partial charge in [0, 0.05) is 17.8 Å². The molecule has 0 fully saturated rings. The molecule has 0 radical (unpaired) electrons. The summed E-state index contributed by atoms with van der Waals surface area (Å²) in [4.78, 5) is 11.9. The maximum Gasteiger partial charge on any atom is 0.336 e. The van der Waals surface area contributed by atoms with Crippen molar-refractivity contribution < 1.29 is 14.6 Å². The van der Waals surface area contributed by atoms with Gasteiger partial charge >= 0.3 is 5.97 Å². The quantitative estimate of drug-likeness (QED) is 0.859. The second-order valence-corrected chi connectivity index (χ2v) is 5.08. The topological polar surface area (TPSA) is 58.6 Å². The summed E-state index contributed by atoms with van der Waals surface area (Å²) < 4.78 is 5.15. The molecule has 0 heterocycles. The van der Waals surface area contributed by atoms with Crippen LogP contribution in [0, 0.1) is 0 Å². The molecule has 0 aromatic heterocycles. The number of carbonyl (C=O) groups is 1. The van der Waals surface area contributed by atoms with Crippen LogP contribution >= 0.6 is 11.6 Å². The molecule has 0 aliphatic heterocycles. The number of carboxylic acid groups (broad SMARTS) is 1. The van der Waals surface area contributed by atoms with Crippen LogP contribution in [0.4, 0.5) is 5.69 Å². The largest absolute Gasteiger partial charge is 0.479 e. The van der Waals surface area contributed by atoms with Crippen LogP contribution in [0.25, 0.3) is 0 Å². The molecule has 0 aliphatic carbocycles. The summed E-state index contributed by atoms with van der Waals surface area (Å²) >= 11 is 5.96. The van der Waals surface area contributed by atoms with Gasteiger partial charge in [0.25, 0.3) is 0 Å². The molecule has 21 heavy (non-hydrogen) atoms. The monoisotopic (exact) mass is 305 g/mol. The first kappa shape index (κ1) is 15.4. The number of benzene rings is 2. The van der Waals surface area contributed by atoms with E-state index in [0.717, 1.165) is 0 Å². The van der Waals surface area contributed by atoms with Gasteiger partial charge in [-0.3, -0.25) is 0 Å². The highest BCUT2D eigenvalue weighted by atomic mass is 35.5. The number of ether oxygens (including phenoxy) is 1. The maximum atomic E-state index is 11.9. The third-order valence-corrected chi connectivity index (χ3v) is 3.41. The average molecular weight is 306 g/mol. The Morgan fingerprint density at radius 2 is 1.95 bits per heavy atom. The summed E-state index contributed by atoms with van der Waals surface area (Å²) in [5, 5.41) is 13.3. The van der Waals surface area contributed by atoms with E-state index in [0.29, 0.717) is 16.3 Å². The molecule has 0 spiro atoms. The van der Waals surface area contributed by atoms with Crippen LogP contribution in [-0.2, 0) is 15.1 Å². The third kappa shape index (κ3) is 3.35. The van der Waals surface area contributed by atoms with E-state index in [1.807, 2.05) is 6.07 Å². The van der Waals surface area contributed by atoms with Crippen LogP contribution in [0.15, 0.2) is 54.6 Å². The summed E-state index contributed by atoms with van der Waals surface area (Å²) in [6.07, 6.45) is 0. The lowest BCUT2D eigenvalue weighted by Crippen LogP contribution is -2.47. The lowest BCUT2D eigenvalue weighted by Gasteiger charge is -2.31. The van der Waals surface area contributed by atoms with Crippen molar-refractivity contribution in [3.63, 3.8) is 0 Å². The van der Waals surface area contributed by atoms with Crippen molar-refractivity contribution in [3.8, 4) is 0 Å². The van der Waals surface area contributed by atoms with E-state index in [2.05, 4.69) is 5.32 Å². The first-order valence-corrected chi connectivity index (χ1v) is 6.78. The minimum atomic E-state index is -1.37. The van der Waals surface area contributed by atoms with E-state index in [9.17, 15) is 9.90 Å². The molecule has 110 valence electrons. The molecule has 2 rings (SSSR count). The van der Waals surface area contributed by atoms with E-state index in [1.165, 1.54) is 7.11 Å². The van der Waals surface area contributed by atoms with Gasteiger partial charge in [0.05, 0.1) is 6.61 Å². The van der Waals surface area contributed by atoms with Crippen molar-refractivity contribution in [1.29, 1.82) is 0 Å². The number of hydrogen-bond donors (Lipinski definition) is 2. The second kappa shape index (κ2) is 6.61. The van der Waals surface area contributed by atoms with Gasteiger partial charge in [0.2, 0.25) is 0 Å². The van der Waals surface area contributed by atoms with Crippen molar-refractivity contribution in [1.82, 2.24) is 0 Å². The average Bonchev–Trinajstić information content (AvgIpc) is 2.47. The number of methoxy groups -OCH3 is 1. The van der Waals surface area contributed by atoms with E-state index >= 15 is 0 Å². The zero-order valence-corrected chi connectivity index (χ0v) is 12.3. The van der Waals surface area contributed by atoms with E-state index in [-0.39, 0.29) is 6.61 Å². The fraction of sp³-hybridized carbons (Fsp3) is 0.188. The summed E-state index contributed by atoms with van der Waals surface area (Å²) in [7, 11) is 1.47. The molecule has 1 atom stereocenters. The minimum absolute atomic E-state index is 0.0150. The van der Waals surface area contributed by atoms with Gasteiger partial charge in [-0.05, 0) is 23.8 Å². The number of hydrogen-bond acceptors (Lipinski definition) is 3. The Balaban J connectivity index is 2.47. The van der Waals surface area contributed by atoms with Crippen LogP contribution in [0.2, 0.25) is 5.02 Å². The Morgan fingerprint density at radius 1 is 1.24 bits per heavy atom. The van der Waals surface area contributed by atoms with Crippen LogP contribution in [0.5, 0.6) is 0 Å². The zero-order chi connectivity index (χ0) is 15.3. The van der Waals surface area contributed by atoms with Crippen molar-refractivity contribution >= 4 is 23.3 Å². The number of anilines is 1. The van der Waals surface area contributed by atoms with Gasteiger partial charge in [-0.2, -0.15) is 0 Å². The number of nitrogens with one attached hydrogen (secondary N) is 1. The predicted molar refractivity (Wildman–Crippen MR) is 82.7 cm³/mol. The predicted octanol–water partition coefficient (Wildman–Crippen LogP) is 3.38. The molecule has 0 bridgehead atoms. The van der Waals surface area contributed by atoms with Crippen molar-refractivity contribution in [2.75, 3.05) is 19.0 Å². The highest BCUT2D eigenvalue weighted by Gasteiger charge is 2.40. The molecule has 0 saturated carbocycles. The van der Waals surface area contributed by atoms with Gasteiger partial charge in [0.15, 0.2) is 5.54 Å². The van der Waals surface area contributed by atoms with Crippen molar-refractivity contribution in [2.45, 2.75) is 5.54 Å². The van der Waals surface area contributed by atoms with Crippen molar-refractivity contribution in [2.24, 2.45) is 0 Å². The Kier molecular flexibility index (Phi) is 4.83. The normalized spacial score (nSPS) is 13.4. The fourth-order valence-electron chi connectivity index (χ4n) is 2.18. The molecule has 2 N–H and O–H groups in total.